The molecule has 132 valence electrons. The molecule has 0 spiro atoms. The molecule has 26 heavy (non-hydrogen) atoms. The summed E-state index contributed by atoms with van der Waals surface area (Å²) in [6.07, 6.45) is 1.13. The van der Waals surface area contributed by atoms with Gasteiger partial charge in [-0.2, -0.15) is 0 Å². The minimum atomic E-state index is -3.38. The van der Waals surface area contributed by atoms with Crippen LogP contribution in [0, 0.1) is 0 Å². The molecule has 0 saturated heterocycles. The van der Waals surface area contributed by atoms with Gasteiger partial charge in [0.15, 0.2) is 9.84 Å². The van der Waals surface area contributed by atoms with E-state index in [1.807, 2.05) is 60.7 Å². The summed E-state index contributed by atoms with van der Waals surface area (Å²) < 4.78 is 23.6. The van der Waals surface area contributed by atoms with Crippen LogP contribution in [0.25, 0.3) is 0 Å². The fourth-order valence-electron chi connectivity index (χ4n) is 2.67. The highest BCUT2D eigenvalue weighted by molar-refractivity contribution is 7.90. The number of nitrogens with zero attached hydrogens (tertiary/aromatic N) is 1. The summed E-state index contributed by atoms with van der Waals surface area (Å²) in [5.41, 5.74) is 2.09. The molecule has 0 unspecified atom stereocenters. The summed E-state index contributed by atoms with van der Waals surface area (Å²) >= 11 is 0. The number of rotatable bonds is 5. The van der Waals surface area contributed by atoms with Crippen molar-refractivity contribution in [2.24, 2.45) is 0 Å². The fraction of sp³-hybridized carbons (Fsp3) is 0.0952. The van der Waals surface area contributed by atoms with Crippen LogP contribution in [-0.2, 0) is 16.4 Å². The SMILES string of the molecule is CS(=O)(=O)c1cccc(C(=O)N(Cc2ccccc2)c2ccccc2)c1. The second-order valence-corrected chi connectivity index (χ2v) is 8.03. The fourth-order valence-corrected chi connectivity index (χ4v) is 3.34. The molecule has 0 bridgehead atoms. The van der Waals surface area contributed by atoms with Gasteiger partial charge in [-0.1, -0.05) is 54.6 Å². The topological polar surface area (TPSA) is 54.5 Å². The number of para-hydroxylation sites is 1. The van der Waals surface area contributed by atoms with E-state index >= 15 is 0 Å². The first-order chi connectivity index (χ1) is 12.4. The zero-order chi connectivity index (χ0) is 18.6. The molecule has 0 aliphatic heterocycles. The van der Waals surface area contributed by atoms with Crippen LogP contribution in [-0.4, -0.2) is 20.6 Å². The lowest BCUT2D eigenvalue weighted by atomic mass is 10.1. The van der Waals surface area contributed by atoms with E-state index in [1.54, 1.807) is 17.0 Å². The van der Waals surface area contributed by atoms with E-state index in [1.165, 1.54) is 12.1 Å². The highest BCUT2D eigenvalue weighted by atomic mass is 32.2. The maximum atomic E-state index is 13.2. The number of carbonyl (C=O) groups excluding carboxylic acids is 1. The Bertz CT molecular complexity index is 1000. The zero-order valence-corrected chi connectivity index (χ0v) is 15.2. The Morgan fingerprint density at radius 3 is 2.08 bits per heavy atom. The van der Waals surface area contributed by atoms with Gasteiger partial charge < -0.3 is 4.90 Å². The molecule has 0 atom stereocenters. The number of amides is 1. The number of hydrogen-bond donors (Lipinski definition) is 0. The molecular weight excluding hydrogens is 346 g/mol. The van der Waals surface area contributed by atoms with Crippen molar-refractivity contribution in [3.05, 3.63) is 96.1 Å². The molecule has 3 aromatic carbocycles. The largest absolute Gasteiger partial charge is 0.304 e. The van der Waals surface area contributed by atoms with E-state index in [0.717, 1.165) is 17.5 Å². The van der Waals surface area contributed by atoms with Crippen molar-refractivity contribution in [2.45, 2.75) is 11.4 Å². The van der Waals surface area contributed by atoms with Gasteiger partial charge in [0, 0.05) is 17.5 Å². The maximum absolute atomic E-state index is 13.2. The first-order valence-corrected chi connectivity index (χ1v) is 10.1. The Morgan fingerprint density at radius 2 is 1.46 bits per heavy atom. The third kappa shape index (κ3) is 4.18. The predicted molar refractivity (Wildman–Crippen MR) is 103 cm³/mol. The minimum absolute atomic E-state index is 0.135. The second-order valence-electron chi connectivity index (χ2n) is 6.01. The Morgan fingerprint density at radius 1 is 0.846 bits per heavy atom. The molecule has 0 heterocycles. The van der Waals surface area contributed by atoms with Gasteiger partial charge in [0.05, 0.1) is 11.4 Å². The smallest absolute Gasteiger partial charge is 0.258 e. The van der Waals surface area contributed by atoms with Crippen LogP contribution in [0.5, 0.6) is 0 Å². The molecule has 0 saturated carbocycles. The van der Waals surface area contributed by atoms with Crippen LogP contribution in [0.4, 0.5) is 5.69 Å². The first kappa shape index (κ1) is 17.9. The molecule has 0 fully saturated rings. The predicted octanol–water partition coefficient (Wildman–Crippen LogP) is 3.94. The molecule has 0 aliphatic rings. The van der Waals surface area contributed by atoms with Crippen molar-refractivity contribution in [3.8, 4) is 0 Å². The Hall–Kier alpha value is -2.92. The van der Waals surface area contributed by atoms with E-state index in [0.29, 0.717) is 12.1 Å². The van der Waals surface area contributed by atoms with Crippen molar-refractivity contribution >= 4 is 21.4 Å². The van der Waals surface area contributed by atoms with E-state index in [2.05, 4.69) is 0 Å². The highest BCUT2D eigenvalue weighted by Gasteiger charge is 2.19. The molecule has 3 aromatic rings. The van der Waals surface area contributed by atoms with Crippen LogP contribution in [0.3, 0.4) is 0 Å². The average molecular weight is 365 g/mol. The van der Waals surface area contributed by atoms with Gasteiger partial charge in [-0.15, -0.1) is 0 Å². The summed E-state index contributed by atoms with van der Waals surface area (Å²) in [7, 11) is -3.38. The third-order valence-electron chi connectivity index (χ3n) is 4.01. The van der Waals surface area contributed by atoms with Crippen LogP contribution < -0.4 is 4.90 Å². The number of hydrogen-bond acceptors (Lipinski definition) is 3. The number of sulfone groups is 1. The minimum Gasteiger partial charge on any atom is -0.304 e. The second kappa shape index (κ2) is 7.54. The average Bonchev–Trinajstić information content (AvgIpc) is 2.66. The summed E-state index contributed by atoms with van der Waals surface area (Å²) in [5, 5.41) is 0. The highest BCUT2D eigenvalue weighted by Crippen LogP contribution is 2.21. The summed E-state index contributed by atoms with van der Waals surface area (Å²) in [4.78, 5) is 14.9. The standard InChI is InChI=1S/C21H19NO3S/c1-26(24,25)20-14-8-11-18(15-20)21(23)22(19-12-6-3-7-13-19)16-17-9-4-2-5-10-17/h2-15H,16H2,1H3. The van der Waals surface area contributed by atoms with Gasteiger partial charge in [-0.3, -0.25) is 4.79 Å². The molecule has 0 aromatic heterocycles. The van der Waals surface area contributed by atoms with E-state index in [-0.39, 0.29) is 10.8 Å². The monoisotopic (exact) mass is 365 g/mol. The summed E-state index contributed by atoms with van der Waals surface area (Å²) in [6, 6.07) is 25.2. The normalized spacial score (nSPS) is 11.1. The van der Waals surface area contributed by atoms with Crippen LogP contribution in [0.1, 0.15) is 15.9 Å². The molecular formula is C21H19NO3S. The van der Waals surface area contributed by atoms with Gasteiger partial charge >= 0.3 is 0 Å². The molecule has 5 heteroatoms. The van der Waals surface area contributed by atoms with Crippen LogP contribution in [0.2, 0.25) is 0 Å². The lowest BCUT2D eigenvalue weighted by Gasteiger charge is -2.23. The molecule has 0 N–H and O–H groups in total. The van der Waals surface area contributed by atoms with Gasteiger partial charge in [-0.25, -0.2) is 8.42 Å². The van der Waals surface area contributed by atoms with Crippen molar-refractivity contribution in [1.82, 2.24) is 0 Å². The van der Waals surface area contributed by atoms with E-state index in [4.69, 9.17) is 0 Å². The van der Waals surface area contributed by atoms with Crippen molar-refractivity contribution in [3.63, 3.8) is 0 Å². The van der Waals surface area contributed by atoms with Crippen molar-refractivity contribution in [1.29, 1.82) is 0 Å². The molecule has 3 rings (SSSR count). The van der Waals surface area contributed by atoms with Gasteiger partial charge in [0.25, 0.3) is 5.91 Å². The zero-order valence-electron chi connectivity index (χ0n) is 14.4. The quantitative estimate of drug-likeness (QED) is 0.688. The first-order valence-electron chi connectivity index (χ1n) is 8.16. The maximum Gasteiger partial charge on any atom is 0.258 e. The van der Waals surface area contributed by atoms with Crippen LogP contribution >= 0.6 is 0 Å². The number of benzene rings is 3. The molecule has 1 amide bonds. The molecule has 4 nitrogen and oxygen atoms in total. The third-order valence-corrected chi connectivity index (χ3v) is 5.12. The van der Waals surface area contributed by atoms with Crippen LogP contribution in [0.15, 0.2) is 89.8 Å². The summed E-state index contributed by atoms with van der Waals surface area (Å²) in [5.74, 6) is -0.245. The Labute approximate surface area is 153 Å². The molecule has 0 aliphatic carbocycles. The Kier molecular flexibility index (Phi) is 5.19. The van der Waals surface area contributed by atoms with E-state index in [9.17, 15) is 13.2 Å². The lowest BCUT2D eigenvalue weighted by Crippen LogP contribution is -2.30. The lowest BCUT2D eigenvalue weighted by molar-refractivity contribution is 0.0985. The van der Waals surface area contributed by atoms with Gasteiger partial charge in [0.1, 0.15) is 0 Å². The van der Waals surface area contributed by atoms with Crippen molar-refractivity contribution in [2.75, 3.05) is 11.2 Å². The molecule has 0 radical (unpaired) electrons. The van der Waals surface area contributed by atoms with E-state index < -0.39 is 9.84 Å². The summed E-state index contributed by atoms with van der Waals surface area (Å²) in [6.45, 7) is 0.396. The van der Waals surface area contributed by atoms with Gasteiger partial charge in [-0.05, 0) is 35.9 Å². The van der Waals surface area contributed by atoms with Crippen molar-refractivity contribution < 1.29 is 13.2 Å². The van der Waals surface area contributed by atoms with Gasteiger partial charge in [0.2, 0.25) is 0 Å². The number of carbonyl (C=O) groups is 1. The Balaban J connectivity index is 2.00. The number of anilines is 1.